The van der Waals surface area contributed by atoms with E-state index in [9.17, 15) is 4.79 Å². The molecule has 29 heavy (non-hydrogen) atoms. The molecule has 5 nitrogen and oxygen atoms in total. The van der Waals surface area contributed by atoms with Crippen LogP contribution in [0.3, 0.4) is 0 Å². The van der Waals surface area contributed by atoms with Crippen molar-refractivity contribution in [3.63, 3.8) is 0 Å². The Labute approximate surface area is 181 Å². The zero-order valence-electron chi connectivity index (χ0n) is 17.7. The SMILES string of the molecule is COc1cc(C=CC(=O)NC2CCC(C)CC2)ccc1OCCN1CCCC1.Cl. The summed E-state index contributed by atoms with van der Waals surface area (Å²) in [4.78, 5) is 14.6. The van der Waals surface area contributed by atoms with E-state index in [0.29, 0.717) is 18.4 Å². The van der Waals surface area contributed by atoms with Crippen LogP contribution in [0.1, 0.15) is 51.0 Å². The van der Waals surface area contributed by atoms with E-state index in [2.05, 4.69) is 17.1 Å². The van der Waals surface area contributed by atoms with E-state index >= 15 is 0 Å². The van der Waals surface area contributed by atoms with Gasteiger partial charge in [0.2, 0.25) is 5.91 Å². The summed E-state index contributed by atoms with van der Waals surface area (Å²) >= 11 is 0. The van der Waals surface area contributed by atoms with Gasteiger partial charge in [-0.05, 0) is 81.3 Å². The van der Waals surface area contributed by atoms with Gasteiger partial charge in [-0.1, -0.05) is 13.0 Å². The molecule has 0 spiro atoms. The molecular formula is C23H35ClN2O3. The highest BCUT2D eigenvalue weighted by atomic mass is 35.5. The molecule has 0 radical (unpaired) electrons. The smallest absolute Gasteiger partial charge is 0.244 e. The Morgan fingerprint density at radius 1 is 1.17 bits per heavy atom. The van der Waals surface area contributed by atoms with E-state index < -0.39 is 0 Å². The molecule has 2 fully saturated rings. The van der Waals surface area contributed by atoms with Gasteiger partial charge in [0, 0.05) is 18.7 Å². The van der Waals surface area contributed by atoms with Crippen LogP contribution < -0.4 is 14.8 Å². The number of carbonyl (C=O) groups is 1. The molecule has 1 aromatic rings. The summed E-state index contributed by atoms with van der Waals surface area (Å²) in [6.07, 6.45) is 10.6. The lowest BCUT2D eigenvalue weighted by molar-refractivity contribution is -0.117. The largest absolute Gasteiger partial charge is 0.493 e. The van der Waals surface area contributed by atoms with Crippen molar-refractivity contribution in [1.82, 2.24) is 10.2 Å². The monoisotopic (exact) mass is 422 g/mol. The van der Waals surface area contributed by atoms with Crippen LogP contribution in [-0.2, 0) is 4.79 Å². The Balaban J connectivity index is 0.00000300. The van der Waals surface area contributed by atoms with Gasteiger partial charge in [-0.25, -0.2) is 0 Å². The van der Waals surface area contributed by atoms with Crippen molar-refractivity contribution in [1.29, 1.82) is 0 Å². The van der Waals surface area contributed by atoms with Gasteiger partial charge >= 0.3 is 0 Å². The van der Waals surface area contributed by atoms with Gasteiger partial charge in [-0.15, -0.1) is 12.4 Å². The third-order valence-electron chi connectivity index (χ3n) is 5.84. The summed E-state index contributed by atoms with van der Waals surface area (Å²) < 4.78 is 11.4. The average molecular weight is 423 g/mol. The standard InChI is InChI=1S/C23H34N2O3.ClH/c1-18-5-9-20(10-6-18)24-23(26)12-8-19-7-11-21(22(17-19)27-2)28-16-15-25-13-3-4-14-25;/h7-8,11-12,17-18,20H,3-6,9-10,13-16H2,1-2H3,(H,24,26);1H. The topological polar surface area (TPSA) is 50.8 Å². The van der Waals surface area contributed by atoms with Gasteiger partial charge in [-0.3, -0.25) is 9.69 Å². The third-order valence-corrected chi connectivity index (χ3v) is 5.84. The Bertz CT molecular complexity index is 666. The number of amides is 1. The molecule has 1 saturated heterocycles. The molecule has 0 atom stereocenters. The van der Waals surface area contributed by atoms with Crippen molar-refractivity contribution in [2.75, 3.05) is 33.4 Å². The Hall–Kier alpha value is -1.72. The van der Waals surface area contributed by atoms with E-state index in [-0.39, 0.29) is 18.3 Å². The number of nitrogens with one attached hydrogen (secondary N) is 1. The zero-order valence-corrected chi connectivity index (χ0v) is 18.5. The maximum absolute atomic E-state index is 12.2. The predicted octanol–water partition coefficient (Wildman–Crippen LogP) is 4.30. The molecule has 1 heterocycles. The number of nitrogens with zero attached hydrogens (tertiary/aromatic N) is 1. The van der Waals surface area contributed by atoms with E-state index in [4.69, 9.17) is 9.47 Å². The molecule has 1 saturated carbocycles. The van der Waals surface area contributed by atoms with Gasteiger partial charge in [0.25, 0.3) is 0 Å². The molecule has 3 rings (SSSR count). The zero-order chi connectivity index (χ0) is 19.8. The summed E-state index contributed by atoms with van der Waals surface area (Å²) in [6.45, 7) is 6.24. The molecule has 1 aromatic carbocycles. The number of ether oxygens (including phenoxy) is 2. The maximum atomic E-state index is 12.2. The summed E-state index contributed by atoms with van der Waals surface area (Å²) in [5, 5.41) is 3.12. The van der Waals surface area contributed by atoms with E-state index in [1.165, 1.54) is 38.8 Å². The highest BCUT2D eigenvalue weighted by Crippen LogP contribution is 2.29. The lowest BCUT2D eigenvalue weighted by atomic mass is 9.87. The van der Waals surface area contributed by atoms with Crippen LogP contribution in [0.25, 0.3) is 6.08 Å². The predicted molar refractivity (Wildman–Crippen MR) is 120 cm³/mol. The number of methoxy groups -OCH3 is 1. The number of benzene rings is 1. The minimum Gasteiger partial charge on any atom is -0.493 e. The lowest BCUT2D eigenvalue weighted by Crippen LogP contribution is -2.36. The van der Waals surface area contributed by atoms with E-state index in [1.807, 2.05) is 24.3 Å². The quantitative estimate of drug-likeness (QED) is 0.634. The summed E-state index contributed by atoms with van der Waals surface area (Å²) in [5.74, 6) is 2.21. The second-order valence-corrected chi connectivity index (χ2v) is 8.11. The van der Waals surface area contributed by atoms with Crippen LogP contribution in [-0.4, -0.2) is 50.2 Å². The first-order chi connectivity index (χ1) is 13.6. The normalized spacial score (nSPS) is 22.3. The van der Waals surface area contributed by atoms with Crippen molar-refractivity contribution < 1.29 is 14.3 Å². The molecule has 6 heteroatoms. The average Bonchev–Trinajstić information content (AvgIpc) is 3.22. The first-order valence-electron chi connectivity index (χ1n) is 10.7. The summed E-state index contributed by atoms with van der Waals surface area (Å²) in [6, 6.07) is 6.11. The molecule has 0 unspecified atom stereocenters. The van der Waals surface area contributed by atoms with Crippen molar-refractivity contribution >= 4 is 24.4 Å². The van der Waals surface area contributed by atoms with E-state index in [0.717, 1.165) is 36.6 Å². The fourth-order valence-corrected chi connectivity index (χ4v) is 4.02. The van der Waals surface area contributed by atoms with Crippen molar-refractivity contribution in [2.24, 2.45) is 5.92 Å². The molecular weight excluding hydrogens is 388 g/mol. The van der Waals surface area contributed by atoms with Crippen LogP contribution >= 0.6 is 12.4 Å². The fourth-order valence-electron chi connectivity index (χ4n) is 4.02. The third kappa shape index (κ3) is 7.56. The fraction of sp³-hybridized carbons (Fsp3) is 0.609. The van der Waals surface area contributed by atoms with Crippen molar-refractivity contribution in [3.05, 3.63) is 29.8 Å². The Morgan fingerprint density at radius 2 is 1.90 bits per heavy atom. The minimum atomic E-state index is -0.0236. The maximum Gasteiger partial charge on any atom is 0.244 e. The van der Waals surface area contributed by atoms with Crippen LogP contribution in [0.15, 0.2) is 24.3 Å². The number of hydrogen-bond acceptors (Lipinski definition) is 4. The second-order valence-electron chi connectivity index (χ2n) is 8.11. The molecule has 0 aromatic heterocycles. The van der Waals surface area contributed by atoms with E-state index in [1.54, 1.807) is 13.2 Å². The van der Waals surface area contributed by atoms with Gasteiger partial charge in [0.05, 0.1) is 7.11 Å². The summed E-state index contributed by atoms with van der Waals surface area (Å²) in [7, 11) is 1.65. The van der Waals surface area contributed by atoms with Gasteiger partial charge < -0.3 is 14.8 Å². The number of rotatable bonds is 8. The number of hydrogen-bond donors (Lipinski definition) is 1. The van der Waals surface area contributed by atoms with Crippen LogP contribution in [0, 0.1) is 5.92 Å². The number of likely N-dealkylation sites (tertiary alicyclic amines) is 1. The van der Waals surface area contributed by atoms with Gasteiger partial charge in [0.1, 0.15) is 6.61 Å². The molecule has 1 aliphatic carbocycles. The first-order valence-corrected chi connectivity index (χ1v) is 10.7. The number of carbonyl (C=O) groups excluding carboxylic acids is 1. The van der Waals surface area contributed by atoms with Crippen molar-refractivity contribution in [3.8, 4) is 11.5 Å². The van der Waals surface area contributed by atoms with Gasteiger partial charge in [0.15, 0.2) is 11.5 Å². The molecule has 162 valence electrons. The highest BCUT2D eigenvalue weighted by molar-refractivity contribution is 5.92. The number of halogens is 1. The van der Waals surface area contributed by atoms with Crippen LogP contribution in [0.4, 0.5) is 0 Å². The Morgan fingerprint density at radius 3 is 2.59 bits per heavy atom. The molecule has 2 aliphatic rings. The molecule has 1 aliphatic heterocycles. The first kappa shape index (κ1) is 23.6. The van der Waals surface area contributed by atoms with Crippen LogP contribution in [0.5, 0.6) is 11.5 Å². The molecule has 1 N–H and O–H groups in total. The highest BCUT2D eigenvalue weighted by Gasteiger charge is 2.18. The van der Waals surface area contributed by atoms with Crippen molar-refractivity contribution in [2.45, 2.75) is 51.5 Å². The summed E-state index contributed by atoms with van der Waals surface area (Å²) in [5.41, 5.74) is 0.927. The van der Waals surface area contributed by atoms with Crippen LogP contribution in [0.2, 0.25) is 0 Å². The second kappa shape index (κ2) is 12.1. The molecule has 0 bridgehead atoms. The molecule has 1 amide bonds. The lowest BCUT2D eigenvalue weighted by Gasteiger charge is -2.26. The van der Waals surface area contributed by atoms with Gasteiger partial charge in [-0.2, -0.15) is 0 Å². The minimum absolute atomic E-state index is 0. The Kier molecular flexibility index (Phi) is 9.82.